The Morgan fingerprint density at radius 1 is 1.43 bits per heavy atom. The van der Waals surface area contributed by atoms with Crippen LogP contribution in [0, 0.1) is 11.8 Å². The van der Waals surface area contributed by atoms with Crippen LogP contribution >= 0.6 is 11.3 Å². The number of amides is 1. The Morgan fingerprint density at radius 2 is 2.33 bits per heavy atom. The molecular formula is C16H20N2O2S. The summed E-state index contributed by atoms with van der Waals surface area (Å²) in [5, 5.41) is 13.7. The molecule has 0 spiro atoms. The fraction of sp³-hybridized carbons (Fsp3) is 0.562. The molecule has 2 fully saturated rings. The van der Waals surface area contributed by atoms with E-state index in [9.17, 15) is 4.79 Å². The van der Waals surface area contributed by atoms with E-state index >= 15 is 0 Å². The van der Waals surface area contributed by atoms with E-state index in [4.69, 9.17) is 5.11 Å². The van der Waals surface area contributed by atoms with Gasteiger partial charge < -0.3 is 10.4 Å². The van der Waals surface area contributed by atoms with E-state index in [0.29, 0.717) is 11.6 Å². The molecule has 0 bridgehead atoms. The van der Waals surface area contributed by atoms with Crippen LogP contribution in [0.25, 0.3) is 0 Å². The molecule has 2 N–H and O–H groups in total. The van der Waals surface area contributed by atoms with Crippen LogP contribution in [0.15, 0.2) is 11.4 Å². The zero-order valence-corrected chi connectivity index (χ0v) is 12.8. The summed E-state index contributed by atoms with van der Waals surface area (Å²) in [6.45, 7) is 2.13. The number of carbonyl (C=O) groups excluding carboxylic acids is 1. The van der Waals surface area contributed by atoms with Gasteiger partial charge in [0.1, 0.15) is 6.61 Å². The number of aliphatic hydroxyl groups is 1. The first-order valence-corrected chi connectivity index (χ1v) is 8.39. The van der Waals surface area contributed by atoms with Gasteiger partial charge >= 0.3 is 0 Å². The van der Waals surface area contributed by atoms with E-state index in [-0.39, 0.29) is 18.6 Å². The number of hydrogen-bond donors (Lipinski definition) is 2. The second-order valence-corrected chi connectivity index (χ2v) is 6.54. The highest BCUT2D eigenvalue weighted by Crippen LogP contribution is 2.27. The molecule has 21 heavy (non-hydrogen) atoms. The lowest BCUT2D eigenvalue weighted by Gasteiger charge is -2.32. The van der Waals surface area contributed by atoms with Crippen LogP contribution in [-0.4, -0.2) is 47.7 Å². The molecule has 0 aromatic carbocycles. The van der Waals surface area contributed by atoms with Crippen LogP contribution in [0.2, 0.25) is 0 Å². The number of hydrogen-bond acceptors (Lipinski definition) is 4. The molecule has 4 nitrogen and oxygen atoms in total. The summed E-state index contributed by atoms with van der Waals surface area (Å²) < 4.78 is 0. The van der Waals surface area contributed by atoms with Crippen LogP contribution in [0.5, 0.6) is 0 Å². The highest BCUT2D eigenvalue weighted by Gasteiger charge is 2.36. The van der Waals surface area contributed by atoms with Gasteiger partial charge in [-0.1, -0.05) is 18.3 Å². The van der Waals surface area contributed by atoms with Crippen LogP contribution in [0.1, 0.15) is 40.9 Å². The van der Waals surface area contributed by atoms with Crippen LogP contribution < -0.4 is 5.32 Å². The topological polar surface area (TPSA) is 52.6 Å². The van der Waals surface area contributed by atoms with Gasteiger partial charge in [0, 0.05) is 24.0 Å². The van der Waals surface area contributed by atoms with Gasteiger partial charge in [-0.05, 0) is 31.9 Å². The first kappa shape index (κ1) is 14.6. The van der Waals surface area contributed by atoms with Crippen LogP contribution in [-0.2, 0) is 0 Å². The van der Waals surface area contributed by atoms with Crippen LogP contribution in [0.4, 0.5) is 0 Å². The van der Waals surface area contributed by atoms with E-state index in [1.807, 2.05) is 5.38 Å². The average molecular weight is 304 g/mol. The first-order valence-electron chi connectivity index (χ1n) is 7.51. The third-order valence-electron chi connectivity index (χ3n) is 4.32. The van der Waals surface area contributed by atoms with Crippen molar-refractivity contribution in [3.8, 4) is 11.8 Å². The molecule has 2 aliphatic heterocycles. The minimum absolute atomic E-state index is 0.000668. The summed E-state index contributed by atoms with van der Waals surface area (Å²) in [6.07, 6.45) is 4.81. The fourth-order valence-electron chi connectivity index (χ4n) is 3.31. The molecular weight excluding hydrogens is 284 g/mol. The number of piperidine rings is 1. The van der Waals surface area contributed by atoms with Gasteiger partial charge in [0.05, 0.1) is 10.4 Å². The lowest BCUT2D eigenvalue weighted by molar-refractivity contribution is 0.0916. The maximum absolute atomic E-state index is 12.3. The van der Waals surface area contributed by atoms with Gasteiger partial charge in [-0.15, -0.1) is 11.3 Å². The van der Waals surface area contributed by atoms with E-state index in [1.165, 1.54) is 37.1 Å². The van der Waals surface area contributed by atoms with E-state index in [2.05, 4.69) is 22.1 Å². The Labute approximate surface area is 129 Å². The third kappa shape index (κ3) is 3.29. The van der Waals surface area contributed by atoms with Crippen molar-refractivity contribution in [3.63, 3.8) is 0 Å². The number of nitrogens with zero attached hydrogens (tertiary/aromatic N) is 1. The smallest absolute Gasteiger partial charge is 0.252 e. The maximum Gasteiger partial charge on any atom is 0.252 e. The molecule has 3 rings (SSSR count). The van der Waals surface area contributed by atoms with Gasteiger partial charge in [0.2, 0.25) is 0 Å². The normalized spacial score (nSPS) is 25.0. The fourth-order valence-corrected chi connectivity index (χ4v) is 4.07. The summed E-state index contributed by atoms with van der Waals surface area (Å²) in [5.74, 6) is 5.44. The van der Waals surface area contributed by atoms with Crippen LogP contribution in [0.3, 0.4) is 0 Å². The van der Waals surface area contributed by atoms with Crippen molar-refractivity contribution < 1.29 is 9.90 Å². The second-order valence-electron chi connectivity index (χ2n) is 5.63. The van der Waals surface area contributed by atoms with Crippen molar-refractivity contribution in [1.82, 2.24) is 10.2 Å². The Bertz CT molecular complexity index is 572. The highest BCUT2D eigenvalue weighted by molar-refractivity contribution is 7.10. The average Bonchev–Trinajstić information content (AvgIpc) is 3.13. The molecule has 2 saturated heterocycles. The van der Waals surface area contributed by atoms with Crippen molar-refractivity contribution in [2.24, 2.45) is 0 Å². The number of nitrogens with one attached hydrogen (secondary N) is 1. The maximum atomic E-state index is 12.3. The lowest BCUT2D eigenvalue weighted by atomic mass is 9.99. The van der Waals surface area contributed by atoms with Gasteiger partial charge in [0.15, 0.2) is 0 Å². The molecule has 2 atom stereocenters. The highest BCUT2D eigenvalue weighted by atomic mass is 32.1. The Morgan fingerprint density at radius 3 is 3.19 bits per heavy atom. The monoisotopic (exact) mass is 304 g/mol. The van der Waals surface area contributed by atoms with E-state index in [1.54, 1.807) is 6.07 Å². The van der Waals surface area contributed by atoms with Gasteiger partial charge in [0.25, 0.3) is 5.91 Å². The molecule has 0 aliphatic carbocycles. The Hall–Kier alpha value is -1.35. The second kappa shape index (κ2) is 6.61. The molecule has 112 valence electrons. The SMILES string of the molecule is O=C(NC1CCN2CCCCC12)c1csc(C#CCO)c1. The largest absolute Gasteiger partial charge is 0.384 e. The number of fused-ring (bicyclic) bond motifs is 1. The van der Waals surface area contributed by atoms with Crippen molar-refractivity contribution >= 4 is 17.2 Å². The van der Waals surface area contributed by atoms with Gasteiger partial charge in [-0.2, -0.15) is 0 Å². The summed E-state index contributed by atoms with van der Waals surface area (Å²) in [6, 6.07) is 2.61. The summed E-state index contributed by atoms with van der Waals surface area (Å²) in [5.41, 5.74) is 0.677. The standard InChI is InChI=1S/C16H20N2O2S/c19-9-3-4-13-10-12(11-21-13)16(20)17-14-6-8-18-7-2-1-5-15(14)18/h10-11,14-15,19H,1-2,5-9H2,(H,17,20). The molecule has 2 unspecified atom stereocenters. The molecule has 2 aliphatic rings. The molecule has 3 heterocycles. The number of aliphatic hydroxyl groups excluding tert-OH is 1. The molecule has 0 radical (unpaired) electrons. The molecule has 1 amide bonds. The third-order valence-corrected chi connectivity index (χ3v) is 5.17. The zero-order chi connectivity index (χ0) is 14.7. The molecule has 0 saturated carbocycles. The van der Waals surface area contributed by atoms with Gasteiger partial charge in [-0.3, -0.25) is 9.69 Å². The quantitative estimate of drug-likeness (QED) is 0.813. The van der Waals surface area contributed by atoms with E-state index in [0.717, 1.165) is 17.8 Å². The summed E-state index contributed by atoms with van der Waals surface area (Å²) in [7, 11) is 0. The Balaban J connectivity index is 1.62. The predicted molar refractivity (Wildman–Crippen MR) is 83.4 cm³/mol. The predicted octanol–water partition coefficient (Wildman–Crippen LogP) is 1.45. The summed E-state index contributed by atoms with van der Waals surface area (Å²) >= 11 is 1.44. The summed E-state index contributed by atoms with van der Waals surface area (Å²) in [4.78, 5) is 15.7. The lowest BCUT2D eigenvalue weighted by Crippen LogP contribution is -2.46. The Kier molecular flexibility index (Phi) is 4.59. The number of carbonyl (C=O) groups is 1. The van der Waals surface area contributed by atoms with Crippen molar-refractivity contribution in [2.75, 3.05) is 19.7 Å². The van der Waals surface area contributed by atoms with E-state index < -0.39 is 0 Å². The minimum Gasteiger partial charge on any atom is -0.384 e. The molecule has 1 aromatic rings. The molecule has 1 aromatic heterocycles. The number of rotatable bonds is 2. The van der Waals surface area contributed by atoms with Gasteiger partial charge in [-0.25, -0.2) is 0 Å². The zero-order valence-electron chi connectivity index (χ0n) is 12.0. The molecule has 5 heteroatoms. The number of thiophene rings is 1. The van der Waals surface area contributed by atoms with Crippen molar-refractivity contribution in [2.45, 2.75) is 37.8 Å². The first-order chi connectivity index (χ1) is 10.3. The minimum atomic E-state index is -0.154. The van der Waals surface area contributed by atoms with Crippen molar-refractivity contribution in [1.29, 1.82) is 0 Å². The van der Waals surface area contributed by atoms with Crippen molar-refractivity contribution in [3.05, 3.63) is 21.9 Å².